The molecule has 0 saturated carbocycles. The maximum Gasteiger partial charge on any atom is 0.412 e. The molecule has 0 aliphatic carbocycles. The van der Waals surface area contributed by atoms with Crippen molar-refractivity contribution >= 4 is 46.7 Å². The third-order valence-electron chi connectivity index (χ3n) is 7.11. The van der Waals surface area contributed by atoms with E-state index in [0.29, 0.717) is 35.7 Å². The van der Waals surface area contributed by atoms with Crippen molar-refractivity contribution in [2.75, 3.05) is 55.3 Å². The number of unbranched alkanes of at least 4 members (excludes halogenated alkanes) is 1. The molecule has 0 spiro atoms. The molecule has 246 valence electrons. The maximum absolute atomic E-state index is 13.7. The van der Waals surface area contributed by atoms with Gasteiger partial charge >= 0.3 is 12.1 Å². The van der Waals surface area contributed by atoms with E-state index >= 15 is 0 Å². The van der Waals surface area contributed by atoms with Crippen molar-refractivity contribution in [1.29, 1.82) is 0 Å². The van der Waals surface area contributed by atoms with Crippen LogP contribution in [-0.2, 0) is 16.0 Å². The number of carbonyl (C=O) groups excluding carboxylic acids is 3. The first kappa shape index (κ1) is 34.7. The predicted molar refractivity (Wildman–Crippen MR) is 178 cm³/mol. The lowest BCUT2D eigenvalue weighted by Gasteiger charge is -2.27. The molecule has 1 fully saturated rings. The van der Waals surface area contributed by atoms with Gasteiger partial charge < -0.3 is 25.0 Å². The Morgan fingerprint density at radius 3 is 2.26 bits per heavy atom. The van der Waals surface area contributed by atoms with E-state index in [4.69, 9.17) is 21.1 Å². The molecule has 0 bridgehead atoms. The van der Waals surface area contributed by atoms with Crippen LogP contribution in [-0.4, -0.2) is 72.8 Å². The molecule has 46 heavy (non-hydrogen) atoms. The van der Waals surface area contributed by atoms with Gasteiger partial charge in [-0.15, -0.1) is 0 Å². The van der Waals surface area contributed by atoms with Gasteiger partial charge in [0, 0.05) is 37.4 Å². The zero-order valence-corrected chi connectivity index (χ0v) is 27.2. The summed E-state index contributed by atoms with van der Waals surface area (Å²) in [5, 5.41) is 8.25. The Labute approximate surface area is 274 Å². The summed E-state index contributed by atoms with van der Waals surface area (Å²) < 4.78 is 24.4. The molecule has 0 radical (unpaired) electrons. The third-order valence-corrected chi connectivity index (χ3v) is 7.40. The molecule has 0 atom stereocenters. The summed E-state index contributed by atoms with van der Waals surface area (Å²) in [5.74, 6) is -0.928. The number of hydrogen-bond acceptors (Lipinski definition) is 6. The van der Waals surface area contributed by atoms with E-state index in [1.807, 2.05) is 0 Å². The lowest BCUT2D eigenvalue weighted by Crippen LogP contribution is -2.38. The van der Waals surface area contributed by atoms with Crippen LogP contribution in [0.4, 0.5) is 31.0 Å². The van der Waals surface area contributed by atoms with Crippen LogP contribution in [0.1, 0.15) is 49.5 Å². The summed E-state index contributed by atoms with van der Waals surface area (Å²) in [6.45, 7) is 10.3. The fourth-order valence-electron chi connectivity index (χ4n) is 4.78. The molecule has 3 aromatic carbocycles. The molecule has 0 aromatic heterocycles. The van der Waals surface area contributed by atoms with Crippen LogP contribution in [0.3, 0.4) is 0 Å². The molecule has 4 rings (SSSR count). The van der Waals surface area contributed by atoms with Crippen LogP contribution in [0.25, 0.3) is 0 Å². The highest BCUT2D eigenvalue weighted by Crippen LogP contribution is 2.24. The van der Waals surface area contributed by atoms with Gasteiger partial charge in [-0.1, -0.05) is 35.9 Å². The van der Waals surface area contributed by atoms with E-state index in [0.717, 1.165) is 51.3 Å². The Morgan fingerprint density at radius 2 is 1.61 bits per heavy atom. The Hall–Kier alpha value is -4.19. The van der Waals surface area contributed by atoms with E-state index in [2.05, 4.69) is 20.9 Å². The second-order valence-corrected chi connectivity index (χ2v) is 12.4. The topological polar surface area (TPSA) is 112 Å². The monoisotopic (exact) mass is 653 g/mol. The number of benzene rings is 3. The van der Waals surface area contributed by atoms with Gasteiger partial charge in [-0.2, -0.15) is 0 Å². The summed E-state index contributed by atoms with van der Waals surface area (Å²) >= 11 is 5.92. The first-order valence-corrected chi connectivity index (χ1v) is 15.6. The fourth-order valence-corrected chi connectivity index (χ4v) is 4.96. The number of amides is 4. The number of hydrogen-bond donors (Lipinski definition) is 3. The van der Waals surface area contributed by atoms with Crippen molar-refractivity contribution in [3.8, 4) is 0 Å². The normalized spacial score (nSPS) is 13.5. The van der Waals surface area contributed by atoms with Crippen molar-refractivity contribution < 1.29 is 28.2 Å². The van der Waals surface area contributed by atoms with E-state index in [-0.39, 0.29) is 17.0 Å². The van der Waals surface area contributed by atoms with E-state index in [1.165, 1.54) is 18.2 Å². The van der Waals surface area contributed by atoms with Gasteiger partial charge in [0.25, 0.3) is 5.91 Å². The van der Waals surface area contributed by atoms with Crippen molar-refractivity contribution in [2.24, 2.45) is 0 Å². The molecule has 1 aliphatic rings. The number of rotatable bonds is 11. The number of morpholine rings is 1. The van der Waals surface area contributed by atoms with Gasteiger partial charge in [0.2, 0.25) is 0 Å². The summed E-state index contributed by atoms with van der Waals surface area (Å²) in [4.78, 5) is 42.7. The number of nitrogens with zero attached hydrogens (tertiary/aromatic N) is 2. The Bertz CT molecular complexity index is 1490. The third kappa shape index (κ3) is 11.0. The van der Waals surface area contributed by atoms with Gasteiger partial charge in [0.1, 0.15) is 11.4 Å². The fraction of sp³-hybridized carbons (Fsp3) is 0.382. The Kier molecular flexibility index (Phi) is 12.4. The zero-order chi connectivity index (χ0) is 33.1. The van der Waals surface area contributed by atoms with Gasteiger partial charge in [0.15, 0.2) is 0 Å². The quantitative estimate of drug-likeness (QED) is 0.188. The molecule has 4 amide bonds. The van der Waals surface area contributed by atoms with Gasteiger partial charge in [-0.25, -0.2) is 14.0 Å². The molecule has 3 aromatic rings. The largest absolute Gasteiger partial charge is 0.444 e. The molecule has 12 heteroatoms. The molecular weight excluding hydrogens is 613 g/mol. The van der Waals surface area contributed by atoms with Crippen molar-refractivity contribution in [3.63, 3.8) is 0 Å². The maximum atomic E-state index is 13.7. The van der Waals surface area contributed by atoms with Gasteiger partial charge in [0.05, 0.1) is 29.6 Å². The van der Waals surface area contributed by atoms with E-state index in [1.54, 1.807) is 74.2 Å². The number of ether oxygens (including phenoxy) is 2. The first-order valence-electron chi connectivity index (χ1n) is 15.3. The van der Waals surface area contributed by atoms with Gasteiger partial charge in [-0.3, -0.25) is 15.0 Å². The van der Waals surface area contributed by atoms with Crippen molar-refractivity contribution in [3.05, 3.63) is 88.7 Å². The number of para-hydroxylation sites is 2. The van der Waals surface area contributed by atoms with Crippen LogP contribution in [0, 0.1) is 5.82 Å². The number of halogens is 2. The molecule has 1 heterocycles. The summed E-state index contributed by atoms with van der Waals surface area (Å²) in [7, 11) is 0. The van der Waals surface area contributed by atoms with Crippen LogP contribution in [0.2, 0.25) is 5.02 Å². The summed E-state index contributed by atoms with van der Waals surface area (Å²) in [6, 6.07) is 17.5. The number of urea groups is 1. The minimum absolute atomic E-state index is 0.0769. The van der Waals surface area contributed by atoms with Gasteiger partial charge in [-0.05, 0) is 88.2 Å². The number of carbonyl (C=O) groups is 3. The molecule has 1 saturated heterocycles. The first-order chi connectivity index (χ1) is 22.0. The van der Waals surface area contributed by atoms with Crippen LogP contribution in [0.5, 0.6) is 0 Å². The number of anilines is 3. The SMILES string of the molecule is CC(C)(C)OC(=O)Nc1ccccc1NC(=O)c1ccc(CN(CCCCN2CCOCC2)C(=O)Nc2ccc(F)c(Cl)c2)cc1. The number of nitrogens with one attached hydrogen (secondary N) is 3. The average Bonchev–Trinajstić information content (AvgIpc) is 3.01. The lowest BCUT2D eigenvalue weighted by atomic mass is 10.1. The van der Waals surface area contributed by atoms with Crippen LogP contribution < -0.4 is 16.0 Å². The summed E-state index contributed by atoms with van der Waals surface area (Å²) in [5.41, 5.74) is 1.77. The highest BCUT2D eigenvalue weighted by atomic mass is 35.5. The van der Waals surface area contributed by atoms with Crippen LogP contribution >= 0.6 is 11.6 Å². The highest BCUT2D eigenvalue weighted by molar-refractivity contribution is 6.31. The average molecular weight is 654 g/mol. The molecular formula is C34H41ClFN5O5. The second-order valence-electron chi connectivity index (χ2n) is 12.0. The Morgan fingerprint density at radius 1 is 0.935 bits per heavy atom. The highest BCUT2D eigenvalue weighted by Gasteiger charge is 2.19. The van der Waals surface area contributed by atoms with E-state index < -0.39 is 17.5 Å². The second kappa shape index (κ2) is 16.4. The molecule has 10 nitrogen and oxygen atoms in total. The minimum Gasteiger partial charge on any atom is -0.444 e. The summed E-state index contributed by atoms with van der Waals surface area (Å²) in [6.07, 6.45) is 1.07. The smallest absolute Gasteiger partial charge is 0.412 e. The zero-order valence-electron chi connectivity index (χ0n) is 26.4. The van der Waals surface area contributed by atoms with Crippen molar-refractivity contribution in [1.82, 2.24) is 9.80 Å². The minimum atomic E-state index is -0.669. The predicted octanol–water partition coefficient (Wildman–Crippen LogP) is 7.22. The lowest BCUT2D eigenvalue weighted by molar-refractivity contribution is 0.0370. The van der Waals surface area contributed by atoms with Crippen LogP contribution in [0.15, 0.2) is 66.7 Å². The molecule has 1 aliphatic heterocycles. The Balaban J connectivity index is 1.39. The van der Waals surface area contributed by atoms with Crippen molar-refractivity contribution in [2.45, 2.75) is 45.8 Å². The molecule has 3 N–H and O–H groups in total. The van der Waals surface area contributed by atoms with E-state index in [9.17, 15) is 18.8 Å². The molecule has 0 unspecified atom stereocenters. The standard InChI is InChI=1S/C34H41ClFN5O5/c1-34(2,3)46-33(44)39-30-9-5-4-8-29(30)38-31(42)25-12-10-24(11-13-25)23-41(17-7-6-16-40-18-20-45-21-19-40)32(43)37-26-14-15-28(36)27(35)22-26/h4-5,8-15,22H,6-7,16-21,23H2,1-3H3,(H,37,43)(H,38,42)(H,39,44).